The summed E-state index contributed by atoms with van der Waals surface area (Å²) >= 11 is 0. The van der Waals surface area contributed by atoms with Gasteiger partial charge in [0.1, 0.15) is 17.6 Å². The molecule has 1 unspecified atom stereocenters. The highest BCUT2D eigenvalue weighted by molar-refractivity contribution is 5.33. The number of benzene rings is 2. The maximum atomic E-state index is 9.85. The number of aromatic nitrogens is 2. The van der Waals surface area contributed by atoms with Gasteiger partial charge in [-0.25, -0.2) is 0 Å². The minimum Gasteiger partial charge on any atom is -0.457 e. The predicted molar refractivity (Wildman–Crippen MR) is 106 cm³/mol. The molecule has 6 heteroatoms. The summed E-state index contributed by atoms with van der Waals surface area (Å²) in [7, 11) is 0. The first-order chi connectivity index (χ1) is 13.7. The quantitative estimate of drug-likeness (QED) is 0.689. The minimum atomic E-state index is -0.917. The van der Waals surface area contributed by atoms with Crippen LogP contribution in [0.25, 0.3) is 0 Å². The lowest BCUT2D eigenvalue weighted by atomic mass is 10.2. The molecule has 4 rings (SSSR count). The molecule has 6 nitrogen and oxygen atoms in total. The van der Waals surface area contributed by atoms with Crippen LogP contribution in [0.1, 0.15) is 29.5 Å². The van der Waals surface area contributed by atoms with Crippen LogP contribution in [-0.2, 0) is 19.6 Å². The molecule has 2 N–H and O–H groups in total. The molecule has 3 aromatic rings. The van der Waals surface area contributed by atoms with E-state index in [-0.39, 0.29) is 6.61 Å². The number of para-hydroxylation sites is 1. The summed E-state index contributed by atoms with van der Waals surface area (Å²) in [4.78, 5) is 2.37. The van der Waals surface area contributed by atoms with Crippen LogP contribution < -0.4 is 4.74 Å². The molecule has 2 aromatic carbocycles. The van der Waals surface area contributed by atoms with Gasteiger partial charge in [0.25, 0.3) is 0 Å². The molecular weight excluding hydrogens is 354 g/mol. The summed E-state index contributed by atoms with van der Waals surface area (Å²) in [5, 5.41) is 23.5. The van der Waals surface area contributed by atoms with E-state index in [1.807, 2.05) is 53.2 Å². The van der Waals surface area contributed by atoms with Crippen LogP contribution in [0.4, 0.5) is 0 Å². The van der Waals surface area contributed by atoms with Gasteiger partial charge in [-0.05, 0) is 42.3 Å². The second kappa shape index (κ2) is 8.56. The van der Waals surface area contributed by atoms with Crippen LogP contribution in [0.2, 0.25) is 0 Å². The van der Waals surface area contributed by atoms with E-state index in [2.05, 4.69) is 22.1 Å². The first-order valence-corrected chi connectivity index (χ1v) is 9.61. The number of hydrogen-bond donors (Lipinski definition) is 2. The van der Waals surface area contributed by atoms with E-state index in [4.69, 9.17) is 9.84 Å². The number of fused-ring (bicyclic) bond motifs is 1. The van der Waals surface area contributed by atoms with Gasteiger partial charge in [-0.3, -0.25) is 9.58 Å². The number of aliphatic hydroxyl groups excluding tert-OH is 2. The van der Waals surface area contributed by atoms with Crippen LogP contribution in [0.3, 0.4) is 0 Å². The number of aryl methyl sites for hydroxylation is 1. The van der Waals surface area contributed by atoms with E-state index >= 15 is 0 Å². The molecule has 28 heavy (non-hydrogen) atoms. The van der Waals surface area contributed by atoms with Gasteiger partial charge >= 0.3 is 0 Å². The molecule has 0 radical (unpaired) electrons. The van der Waals surface area contributed by atoms with Crippen molar-refractivity contribution in [2.24, 2.45) is 0 Å². The third kappa shape index (κ3) is 4.42. The average Bonchev–Trinajstić information content (AvgIpc) is 3.01. The number of nitrogens with zero attached hydrogens (tertiary/aromatic N) is 3. The smallest absolute Gasteiger partial charge is 0.127 e. The fourth-order valence-electron chi connectivity index (χ4n) is 3.53. The Morgan fingerprint density at radius 2 is 1.82 bits per heavy atom. The molecular formula is C22H25N3O3. The zero-order chi connectivity index (χ0) is 19.3. The molecule has 1 aliphatic heterocycles. The van der Waals surface area contributed by atoms with Crippen molar-refractivity contribution in [2.45, 2.75) is 32.2 Å². The summed E-state index contributed by atoms with van der Waals surface area (Å²) in [6.45, 7) is 3.06. The maximum absolute atomic E-state index is 9.85. The van der Waals surface area contributed by atoms with Crippen LogP contribution in [0, 0.1) is 0 Å². The van der Waals surface area contributed by atoms with Crippen molar-refractivity contribution >= 4 is 0 Å². The molecule has 1 atom stereocenters. The largest absolute Gasteiger partial charge is 0.457 e. The van der Waals surface area contributed by atoms with Gasteiger partial charge in [-0.2, -0.15) is 5.10 Å². The molecule has 0 aliphatic carbocycles. The molecule has 0 saturated carbocycles. The molecule has 146 valence electrons. The van der Waals surface area contributed by atoms with E-state index in [1.165, 1.54) is 5.56 Å². The Hall–Kier alpha value is -2.67. The van der Waals surface area contributed by atoms with E-state index in [1.54, 1.807) is 0 Å². The fraction of sp³-hybridized carbons (Fsp3) is 0.318. The Bertz CT molecular complexity index is 910. The number of rotatable bonds is 6. The standard InChI is InChI=1S/C22H25N3O3/c26-16-22(27)21-13-18-15-24(10-5-11-25(18)23-21)14-17-6-4-9-20(12-17)28-19-7-2-1-3-8-19/h1-4,6-9,12-13,22,26-27H,5,10-11,14-16H2. The minimum absolute atomic E-state index is 0.311. The highest BCUT2D eigenvalue weighted by Gasteiger charge is 2.19. The Morgan fingerprint density at radius 3 is 2.64 bits per heavy atom. The summed E-state index contributed by atoms with van der Waals surface area (Å²) in [6, 6.07) is 19.9. The maximum Gasteiger partial charge on any atom is 0.127 e. The van der Waals surface area contributed by atoms with Crippen LogP contribution in [0.5, 0.6) is 11.5 Å². The zero-order valence-electron chi connectivity index (χ0n) is 15.7. The summed E-state index contributed by atoms with van der Waals surface area (Å²) in [6.07, 6.45) is 0.0727. The predicted octanol–water partition coefficient (Wildman–Crippen LogP) is 3.11. The van der Waals surface area contributed by atoms with Gasteiger partial charge in [-0.1, -0.05) is 30.3 Å². The van der Waals surface area contributed by atoms with Gasteiger partial charge < -0.3 is 14.9 Å². The fourth-order valence-corrected chi connectivity index (χ4v) is 3.53. The third-order valence-corrected chi connectivity index (χ3v) is 4.91. The second-order valence-electron chi connectivity index (χ2n) is 7.11. The van der Waals surface area contributed by atoms with Gasteiger partial charge in [-0.15, -0.1) is 0 Å². The summed E-state index contributed by atoms with van der Waals surface area (Å²) in [5.74, 6) is 1.66. The Kier molecular flexibility index (Phi) is 5.71. The molecule has 1 aliphatic rings. The lowest BCUT2D eigenvalue weighted by Crippen LogP contribution is -2.22. The van der Waals surface area contributed by atoms with Gasteiger partial charge in [0, 0.05) is 26.2 Å². The van der Waals surface area contributed by atoms with Crippen molar-refractivity contribution in [3.63, 3.8) is 0 Å². The van der Waals surface area contributed by atoms with E-state index in [9.17, 15) is 5.11 Å². The van der Waals surface area contributed by atoms with Gasteiger partial charge in [0.2, 0.25) is 0 Å². The molecule has 1 aromatic heterocycles. The van der Waals surface area contributed by atoms with Gasteiger partial charge in [0.15, 0.2) is 0 Å². The number of hydrogen-bond acceptors (Lipinski definition) is 5. The van der Waals surface area contributed by atoms with Crippen LogP contribution in [0.15, 0.2) is 60.7 Å². The lowest BCUT2D eigenvalue weighted by Gasteiger charge is -2.20. The highest BCUT2D eigenvalue weighted by atomic mass is 16.5. The Balaban J connectivity index is 1.45. The molecule has 0 saturated heterocycles. The van der Waals surface area contributed by atoms with Crippen molar-refractivity contribution < 1.29 is 14.9 Å². The molecule has 0 bridgehead atoms. The van der Waals surface area contributed by atoms with E-state index in [0.29, 0.717) is 5.69 Å². The lowest BCUT2D eigenvalue weighted by molar-refractivity contribution is 0.0916. The van der Waals surface area contributed by atoms with Crippen molar-refractivity contribution in [1.29, 1.82) is 0 Å². The topological polar surface area (TPSA) is 70.8 Å². The summed E-state index contributed by atoms with van der Waals surface area (Å²) < 4.78 is 7.89. The van der Waals surface area contributed by atoms with Crippen molar-refractivity contribution in [2.75, 3.05) is 13.2 Å². The van der Waals surface area contributed by atoms with E-state index in [0.717, 1.165) is 49.8 Å². The molecule has 0 amide bonds. The Labute approximate surface area is 164 Å². The third-order valence-electron chi connectivity index (χ3n) is 4.91. The van der Waals surface area contributed by atoms with Crippen molar-refractivity contribution in [3.8, 4) is 11.5 Å². The van der Waals surface area contributed by atoms with Crippen molar-refractivity contribution in [3.05, 3.63) is 77.6 Å². The molecule has 2 heterocycles. The molecule has 0 fully saturated rings. The first-order valence-electron chi connectivity index (χ1n) is 9.61. The normalized spacial score (nSPS) is 15.6. The molecule has 0 spiro atoms. The summed E-state index contributed by atoms with van der Waals surface area (Å²) in [5.41, 5.74) is 2.80. The zero-order valence-corrected chi connectivity index (χ0v) is 15.7. The van der Waals surface area contributed by atoms with Crippen molar-refractivity contribution in [1.82, 2.24) is 14.7 Å². The van der Waals surface area contributed by atoms with E-state index < -0.39 is 6.10 Å². The van der Waals surface area contributed by atoms with Gasteiger partial charge in [0.05, 0.1) is 18.0 Å². The monoisotopic (exact) mass is 379 g/mol. The van der Waals surface area contributed by atoms with Crippen LogP contribution >= 0.6 is 0 Å². The van der Waals surface area contributed by atoms with Crippen LogP contribution in [-0.4, -0.2) is 38.0 Å². The highest BCUT2D eigenvalue weighted by Crippen LogP contribution is 2.24. The first kappa shape index (κ1) is 18.7. The Morgan fingerprint density at radius 1 is 1.00 bits per heavy atom. The average molecular weight is 379 g/mol. The number of aliphatic hydroxyl groups is 2. The second-order valence-corrected chi connectivity index (χ2v) is 7.11. The number of ether oxygens (including phenoxy) is 1. The SMILES string of the molecule is OCC(O)c1cc2n(n1)CCCN(Cc1cccc(Oc3ccccc3)c1)C2.